The number of pyridine rings is 1. The first-order chi connectivity index (χ1) is 6.77. The minimum Gasteiger partial charge on any atom is -0.357 e. The quantitative estimate of drug-likeness (QED) is 0.721. The highest BCUT2D eigenvalue weighted by Gasteiger charge is 2.13. The maximum atomic E-state index is 13.1. The first-order valence-electron chi connectivity index (χ1n) is 4.84. The van der Waals surface area contributed by atoms with Crippen LogP contribution in [-0.2, 0) is 0 Å². The average molecular weight is 259 g/mol. The van der Waals surface area contributed by atoms with Crippen molar-refractivity contribution in [3.8, 4) is 0 Å². The van der Waals surface area contributed by atoms with Gasteiger partial charge >= 0.3 is 0 Å². The topological polar surface area (TPSA) is 16.1 Å². The molecule has 2 nitrogen and oxygen atoms in total. The van der Waals surface area contributed by atoms with Crippen molar-refractivity contribution < 1.29 is 4.39 Å². The highest BCUT2D eigenvalue weighted by molar-refractivity contribution is 9.10. The van der Waals surface area contributed by atoms with Gasteiger partial charge in [0.25, 0.3) is 0 Å². The van der Waals surface area contributed by atoms with E-state index in [2.05, 4.69) is 25.8 Å². The predicted molar refractivity (Wildman–Crippen MR) is 58.0 cm³/mol. The number of aromatic nitrogens is 1. The lowest BCUT2D eigenvalue weighted by atomic mass is 10.1. The molecule has 1 saturated heterocycles. The molecule has 0 saturated carbocycles. The summed E-state index contributed by atoms with van der Waals surface area (Å²) in [7, 11) is 0. The van der Waals surface area contributed by atoms with Crippen LogP contribution in [0.2, 0.25) is 0 Å². The fourth-order valence-corrected chi connectivity index (χ4v) is 1.93. The van der Waals surface area contributed by atoms with Gasteiger partial charge in [-0.2, -0.15) is 4.39 Å². The van der Waals surface area contributed by atoms with Crippen LogP contribution in [0.1, 0.15) is 19.3 Å². The third kappa shape index (κ3) is 2.05. The monoisotopic (exact) mass is 258 g/mol. The highest BCUT2D eigenvalue weighted by Crippen LogP contribution is 2.21. The summed E-state index contributed by atoms with van der Waals surface area (Å²) in [6.07, 6.45) is 3.63. The zero-order valence-corrected chi connectivity index (χ0v) is 9.43. The molecule has 1 aliphatic rings. The van der Waals surface area contributed by atoms with E-state index in [9.17, 15) is 4.39 Å². The Morgan fingerprint density at radius 1 is 1.21 bits per heavy atom. The van der Waals surface area contributed by atoms with Crippen LogP contribution in [0, 0.1) is 5.95 Å². The predicted octanol–water partition coefficient (Wildman–Crippen LogP) is 2.97. The number of piperidine rings is 1. The molecule has 1 aliphatic heterocycles. The number of rotatable bonds is 1. The highest BCUT2D eigenvalue weighted by atomic mass is 79.9. The van der Waals surface area contributed by atoms with Gasteiger partial charge in [0.05, 0.1) is 4.47 Å². The van der Waals surface area contributed by atoms with Gasteiger partial charge < -0.3 is 4.90 Å². The van der Waals surface area contributed by atoms with E-state index in [-0.39, 0.29) is 0 Å². The summed E-state index contributed by atoms with van der Waals surface area (Å²) in [5.41, 5.74) is 0. The van der Waals surface area contributed by atoms with Gasteiger partial charge in [0.2, 0.25) is 5.95 Å². The SMILES string of the molecule is Fc1nc(N2CCCCC2)ccc1Br. The van der Waals surface area contributed by atoms with Gasteiger partial charge in [-0.3, -0.25) is 0 Å². The molecule has 0 aliphatic carbocycles. The fourth-order valence-electron chi connectivity index (χ4n) is 1.71. The zero-order valence-electron chi connectivity index (χ0n) is 7.84. The van der Waals surface area contributed by atoms with Crippen molar-refractivity contribution in [2.75, 3.05) is 18.0 Å². The molecule has 76 valence electrons. The minimum absolute atomic E-state index is 0.423. The number of anilines is 1. The Kier molecular flexibility index (Phi) is 3.01. The van der Waals surface area contributed by atoms with Crippen molar-refractivity contribution in [1.29, 1.82) is 0 Å². The second kappa shape index (κ2) is 4.26. The summed E-state index contributed by atoms with van der Waals surface area (Å²) >= 11 is 3.10. The molecule has 0 bridgehead atoms. The molecular weight excluding hydrogens is 247 g/mol. The second-order valence-electron chi connectivity index (χ2n) is 3.49. The Bertz CT molecular complexity index is 324. The molecule has 0 atom stereocenters. The molecule has 1 aromatic heterocycles. The van der Waals surface area contributed by atoms with Gasteiger partial charge in [-0.05, 0) is 47.3 Å². The number of hydrogen-bond acceptors (Lipinski definition) is 2. The van der Waals surface area contributed by atoms with E-state index in [4.69, 9.17) is 0 Å². The number of halogens is 2. The lowest BCUT2D eigenvalue weighted by Crippen LogP contribution is -2.30. The molecule has 0 N–H and O–H groups in total. The summed E-state index contributed by atoms with van der Waals surface area (Å²) in [5, 5.41) is 0. The maximum absolute atomic E-state index is 13.1. The van der Waals surface area contributed by atoms with Crippen molar-refractivity contribution in [3.63, 3.8) is 0 Å². The van der Waals surface area contributed by atoms with Gasteiger partial charge in [-0.15, -0.1) is 0 Å². The standard InChI is InChI=1S/C10H12BrFN2/c11-8-4-5-9(13-10(8)12)14-6-2-1-3-7-14/h4-5H,1-3,6-7H2. The van der Waals surface area contributed by atoms with E-state index in [0.717, 1.165) is 18.9 Å². The van der Waals surface area contributed by atoms with Crippen LogP contribution in [0.15, 0.2) is 16.6 Å². The maximum Gasteiger partial charge on any atom is 0.229 e. The Morgan fingerprint density at radius 2 is 1.93 bits per heavy atom. The van der Waals surface area contributed by atoms with E-state index >= 15 is 0 Å². The molecule has 2 heterocycles. The van der Waals surface area contributed by atoms with Gasteiger partial charge in [0, 0.05) is 13.1 Å². The Hall–Kier alpha value is -0.640. The summed E-state index contributed by atoms with van der Waals surface area (Å²) < 4.78 is 13.6. The van der Waals surface area contributed by atoms with E-state index in [0.29, 0.717) is 4.47 Å². The second-order valence-corrected chi connectivity index (χ2v) is 4.34. The van der Waals surface area contributed by atoms with Crippen LogP contribution >= 0.6 is 15.9 Å². The van der Waals surface area contributed by atoms with Gasteiger partial charge in [-0.1, -0.05) is 0 Å². The van der Waals surface area contributed by atoms with Gasteiger partial charge in [0.15, 0.2) is 0 Å². The third-order valence-electron chi connectivity index (χ3n) is 2.47. The number of nitrogens with zero attached hydrogens (tertiary/aromatic N) is 2. The third-order valence-corrected chi connectivity index (χ3v) is 3.06. The fraction of sp³-hybridized carbons (Fsp3) is 0.500. The van der Waals surface area contributed by atoms with Crippen molar-refractivity contribution in [2.45, 2.75) is 19.3 Å². The lowest BCUT2D eigenvalue weighted by Gasteiger charge is -2.27. The first kappa shape index (κ1) is 9.90. The van der Waals surface area contributed by atoms with Crippen LogP contribution < -0.4 is 4.90 Å². The number of hydrogen-bond donors (Lipinski definition) is 0. The smallest absolute Gasteiger partial charge is 0.229 e. The van der Waals surface area contributed by atoms with E-state index < -0.39 is 5.95 Å². The van der Waals surface area contributed by atoms with Gasteiger partial charge in [0.1, 0.15) is 5.82 Å². The summed E-state index contributed by atoms with van der Waals surface area (Å²) in [6, 6.07) is 3.57. The normalized spacial score (nSPS) is 17.1. The minimum atomic E-state index is -0.423. The molecule has 0 spiro atoms. The average Bonchev–Trinajstić information content (AvgIpc) is 2.23. The van der Waals surface area contributed by atoms with Crippen LogP contribution in [-0.4, -0.2) is 18.1 Å². The molecule has 1 aromatic rings. The van der Waals surface area contributed by atoms with Crippen molar-refractivity contribution in [3.05, 3.63) is 22.6 Å². The Labute approximate surface area is 91.3 Å². The van der Waals surface area contributed by atoms with E-state index in [1.54, 1.807) is 6.07 Å². The van der Waals surface area contributed by atoms with Crippen LogP contribution in [0.5, 0.6) is 0 Å². The van der Waals surface area contributed by atoms with Gasteiger partial charge in [-0.25, -0.2) is 4.98 Å². The van der Waals surface area contributed by atoms with Crippen LogP contribution in [0.4, 0.5) is 10.2 Å². The molecule has 2 rings (SSSR count). The molecular formula is C10H12BrFN2. The van der Waals surface area contributed by atoms with E-state index in [1.165, 1.54) is 19.3 Å². The molecule has 0 aromatic carbocycles. The van der Waals surface area contributed by atoms with Crippen LogP contribution in [0.3, 0.4) is 0 Å². The molecule has 14 heavy (non-hydrogen) atoms. The van der Waals surface area contributed by atoms with Crippen molar-refractivity contribution >= 4 is 21.7 Å². The lowest BCUT2D eigenvalue weighted by molar-refractivity contribution is 0.550. The van der Waals surface area contributed by atoms with Crippen molar-refractivity contribution in [2.24, 2.45) is 0 Å². The van der Waals surface area contributed by atoms with Crippen molar-refractivity contribution in [1.82, 2.24) is 4.98 Å². The molecule has 1 fully saturated rings. The largest absolute Gasteiger partial charge is 0.357 e. The Balaban J connectivity index is 2.18. The van der Waals surface area contributed by atoms with Crippen LogP contribution in [0.25, 0.3) is 0 Å². The molecule has 4 heteroatoms. The van der Waals surface area contributed by atoms with E-state index in [1.807, 2.05) is 6.07 Å². The first-order valence-corrected chi connectivity index (χ1v) is 5.63. The molecule has 0 unspecified atom stereocenters. The summed E-state index contributed by atoms with van der Waals surface area (Å²) in [5.74, 6) is 0.332. The summed E-state index contributed by atoms with van der Waals surface area (Å²) in [4.78, 5) is 6.05. The molecule has 0 radical (unpaired) electrons. The zero-order chi connectivity index (χ0) is 9.97. The summed E-state index contributed by atoms with van der Waals surface area (Å²) in [6.45, 7) is 1.99. The Morgan fingerprint density at radius 3 is 2.57 bits per heavy atom. The molecule has 0 amide bonds.